The Balaban J connectivity index is 1.67. The maximum atomic E-state index is 13.6. The fourth-order valence-electron chi connectivity index (χ4n) is 2.36. The summed E-state index contributed by atoms with van der Waals surface area (Å²) in [4.78, 5) is 22.0. The molecule has 3 aromatic rings. The number of nitrogens with zero attached hydrogens (tertiary/aromatic N) is 3. The summed E-state index contributed by atoms with van der Waals surface area (Å²) in [5.74, 6) is -1.54. The molecule has 0 fully saturated rings. The Labute approximate surface area is 149 Å². The van der Waals surface area contributed by atoms with Gasteiger partial charge in [-0.05, 0) is 17.7 Å². The highest BCUT2D eigenvalue weighted by Crippen LogP contribution is 2.18. The van der Waals surface area contributed by atoms with Gasteiger partial charge in [0.2, 0.25) is 5.95 Å². The van der Waals surface area contributed by atoms with Crippen LogP contribution in [-0.4, -0.2) is 27.8 Å². The monoisotopic (exact) mass is 354 g/mol. The van der Waals surface area contributed by atoms with Crippen molar-refractivity contribution in [2.45, 2.75) is 6.54 Å². The lowest BCUT2D eigenvalue weighted by molar-refractivity contribution is 0.0784. The molecule has 0 atom stereocenters. The minimum atomic E-state index is -0.753. The Hall–Kier alpha value is -3.35. The number of aromatic nitrogens is 2. The number of hydrogen-bond acceptors (Lipinski definition) is 4. The zero-order chi connectivity index (χ0) is 18.5. The normalized spacial score (nSPS) is 10.4. The summed E-state index contributed by atoms with van der Waals surface area (Å²) in [5.41, 5.74) is 1.37. The van der Waals surface area contributed by atoms with Gasteiger partial charge in [-0.15, -0.1) is 0 Å². The van der Waals surface area contributed by atoms with Gasteiger partial charge in [0.1, 0.15) is 11.6 Å². The molecular weight excluding hydrogens is 338 g/mol. The third kappa shape index (κ3) is 4.18. The van der Waals surface area contributed by atoms with Crippen molar-refractivity contribution < 1.29 is 13.6 Å². The van der Waals surface area contributed by atoms with Crippen molar-refractivity contribution >= 4 is 17.5 Å². The van der Waals surface area contributed by atoms with Crippen LogP contribution in [0.3, 0.4) is 0 Å². The van der Waals surface area contributed by atoms with E-state index < -0.39 is 11.6 Å². The summed E-state index contributed by atoms with van der Waals surface area (Å²) in [5, 5.41) is 2.65. The molecule has 0 unspecified atom stereocenters. The van der Waals surface area contributed by atoms with Gasteiger partial charge in [-0.1, -0.05) is 30.3 Å². The van der Waals surface area contributed by atoms with Crippen LogP contribution in [0.1, 0.15) is 15.9 Å². The number of rotatable bonds is 5. The van der Waals surface area contributed by atoms with Crippen LogP contribution in [0.4, 0.5) is 20.4 Å². The highest BCUT2D eigenvalue weighted by Gasteiger charge is 2.13. The maximum absolute atomic E-state index is 13.6. The van der Waals surface area contributed by atoms with Gasteiger partial charge in [0.25, 0.3) is 5.91 Å². The van der Waals surface area contributed by atoms with Gasteiger partial charge in [0.05, 0.1) is 11.3 Å². The van der Waals surface area contributed by atoms with Crippen molar-refractivity contribution in [2.24, 2.45) is 0 Å². The van der Waals surface area contributed by atoms with Crippen LogP contribution in [0.5, 0.6) is 0 Å². The zero-order valence-electron chi connectivity index (χ0n) is 14.0. The van der Waals surface area contributed by atoms with Gasteiger partial charge in [0.15, 0.2) is 0 Å². The van der Waals surface area contributed by atoms with Gasteiger partial charge in [-0.2, -0.15) is 0 Å². The number of carbonyl (C=O) groups excluding carboxylic acids is 1. The van der Waals surface area contributed by atoms with Crippen LogP contribution in [0, 0.1) is 11.6 Å². The second-order valence-electron chi connectivity index (χ2n) is 5.69. The van der Waals surface area contributed by atoms with Crippen molar-refractivity contribution in [1.29, 1.82) is 0 Å². The lowest BCUT2D eigenvalue weighted by atomic mass is 10.2. The van der Waals surface area contributed by atoms with E-state index in [0.717, 1.165) is 17.7 Å². The molecule has 7 heteroatoms. The number of halogens is 2. The summed E-state index contributed by atoms with van der Waals surface area (Å²) >= 11 is 0. The average Bonchev–Trinajstić information content (AvgIpc) is 2.65. The maximum Gasteiger partial charge on any atom is 0.257 e. The molecule has 0 saturated carbocycles. The largest absolute Gasteiger partial charge is 0.337 e. The fraction of sp³-hybridized carbons (Fsp3) is 0.105. The number of hydrogen-bond donors (Lipinski definition) is 1. The first-order valence-corrected chi connectivity index (χ1v) is 7.86. The van der Waals surface area contributed by atoms with E-state index in [1.165, 1.54) is 18.5 Å². The van der Waals surface area contributed by atoms with E-state index in [9.17, 15) is 13.6 Å². The predicted octanol–water partition coefficient (Wildman–Crippen LogP) is 3.77. The molecule has 5 nitrogen and oxygen atoms in total. The van der Waals surface area contributed by atoms with Crippen LogP contribution in [0.15, 0.2) is 60.9 Å². The summed E-state index contributed by atoms with van der Waals surface area (Å²) in [6.45, 7) is 0.459. The molecule has 0 radical (unpaired) electrons. The van der Waals surface area contributed by atoms with Crippen LogP contribution in [0.25, 0.3) is 0 Å². The SMILES string of the molecule is CN(Cc1ccccc1)C(=O)c1cnc(Nc2ccc(F)cc2F)nc1. The molecule has 0 spiro atoms. The Morgan fingerprint density at radius 1 is 1.08 bits per heavy atom. The van der Waals surface area contributed by atoms with Crippen molar-refractivity contribution in [2.75, 3.05) is 12.4 Å². The van der Waals surface area contributed by atoms with E-state index in [1.54, 1.807) is 11.9 Å². The third-order valence-electron chi connectivity index (χ3n) is 3.69. The van der Waals surface area contributed by atoms with E-state index in [0.29, 0.717) is 12.1 Å². The van der Waals surface area contributed by atoms with Crippen molar-refractivity contribution in [3.05, 3.63) is 83.7 Å². The molecule has 0 aliphatic heterocycles. The summed E-state index contributed by atoms with van der Waals surface area (Å²) in [6.07, 6.45) is 2.72. The lowest BCUT2D eigenvalue weighted by Gasteiger charge is -2.17. The molecule has 3 rings (SSSR count). The quantitative estimate of drug-likeness (QED) is 0.758. The molecule has 0 aliphatic carbocycles. The number of carbonyl (C=O) groups is 1. The van der Waals surface area contributed by atoms with Gasteiger partial charge in [0, 0.05) is 32.1 Å². The molecule has 0 saturated heterocycles. The molecule has 26 heavy (non-hydrogen) atoms. The van der Waals surface area contributed by atoms with E-state index in [-0.39, 0.29) is 17.5 Å². The summed E-state index contributed by atoms with van der Waals surface area (Å²) in [7, 11) is 1.69. The molecule has 0 bridgehead atoms. The van der Waals surface area contributed by atoms with Crippen molar-refractivity contribution in [3.63, 3.8) is 0 Å². The first kappa shape index (κ1) is 17.5. The van der Waals surface area contributed by atoms with Gasteiger partial charge >= 0.3 is 0 Å². The average molecular weight is 354 g/mol. The van der Waals surface area contributed by atoms with Gasteiger partial charge in [-0.3, -0.25) is 4.79 Å². The molecule has 1 aromatic heterocycles. The second kappa shape index (κ2) is 7.69. The predicted molar refractivity (Wildman–Crippen MR) is 93.9 cm³/mol. The van der Waals surface area contributed by atoms with Crippen LogP contribution in [-0.2, 0) is 6.54 Å². The van der Waals surface area contributed by atoms with E-state index in [4.69, 9.17) is 0 Å². The van der Waals surface area contributed by atoms with E-state index >= 15 is 0 Å². The Bertz CT molecular complexity index is 901. The van der Waals surface area contributed by atoms with Gasteiger partial charge in [-0.25, -0.2) is 18.7 Å². The molecule has 1 N–H and O–H groups in total. The van der Waals surface area contributed by atoms with Crippen molar-refractivity contribution in [1.82, 2.24) is 14.9 Å². The zero-order valence-corrected chi connectivity index (χ0v) is 14.0. The molecule has 2 aromatic carbocycles. The lowest BCUT2D eigenvalue weighted by Crippen LogP contribution is -2.26. The van der Waals surface area contributed by atoms with Gasteiger partial charge < -0.3 is 10.2 Å². The second-order valence-corrected chi connectivity index (χ2v) is 5.69. The van der Waals surface area contributed by atoms with E-state index in [1.807, 2.05) is 30.3 Å². The highest BCUT2D eigenvalue weighted by molar-refractivity contribution is 5.93. The number of benzene rings is 2. The minimum Gasteiger partial charge on any atom is -0.337 e. The van der Waals surface area contributed by atoms with Crippen molar-refractivity contribution in [3.8, 4) is 0 Å². The molecule has 1 amide bonds. The fourth-order valence-corrected chi connectivity index (χ4v) is 2.36. The van der Waals surface area contributed by atoms with Crippen LogP contribution in [0.2, 0.25) is 0 Å². The minimum absolute atomic E-state index is 0.0478. The van der Waals surface area contributed by atoms with Crippen LogP contribution >= 0.6 is 0 Å². The van der Waals surface area contributed by atoms with Crippen LogP contribution < -0.4 is 5.32 Å². The van der Waals surface area contributed by atoms with E-state index in [2.05, 4.69) is 15.3 Å². The molecule has 0 aliphatic rings. The topological polar surface area (TPSA) is 58.1 Å². The number of anilines is 2. The summed E-state index contributed by atoms with van der Waals surface area (Å²) < 4.78 is 26.6. The first-order valence-electron chi connectivity index (χ1n) is 7.86. The third-order valence-corrected chi connectivity index (χ3v) is 3.69. The number of amides is 1. The molecule has 132 valence electrons. The smallest absolute Gasteiger partial charge is 0.257 e. The Kier molecular flexibility index (Phi) is 5.17. The molecule has 1 heterocycles. The first-order chi connectivity index (χ1) is 12.5. The standard InChI is InChI=1S/C19H16F2N4O/c1-25(12-13-5-3-2-4-6-13)18(26)14-10-22-19(23-11-14)24-17-8-7-15(20)9-16(17)21/h2-11H,12H2,1H3,(H,22,23,24). The Morgan fingerprint density at radius 3 is 2.42 bits per heavy atom. The summed E-state index contributed by atoms with van der Waals surface area (Å²) in [6, 6.07) is 12.7. The molecular formula is C19H16F2N4O. The highest BCUT2D eigenvalue weighted by atomic mass is 19.1. The number of nitrogens with one attached hydrogen (secondary N) is 1. The Morgan fingerprint density at radius 2 is 1.77 bits per heavy atom.